The highest BCUT2D eigenvalue weighted by Crippen LogP contribution is 1.89. The van der Waals surface area contributed by atoms with Gasteiger partial charge >= 0.3 is 5.97 Å². The molecule has 0 bridgehead atoms. The van der Waals surface area contributed by atoms with E-state index in [1.807, 2.05) is 13.8 Å². The number of rotatable bonds is 6. The van der Waals surface area contributed by atoms with Gasteiger partial charge in [-0.15, -0.1) is 0 Å². The van der Waals surface area contributed by atoms with Crippen LogP contribution < -0.4 is 5.32 Å². The van der Waals surface area contributed by atoms with Crippen molar-refractivity contribution in [3.63, 3.8) is 0 Å². The van der Waals surface area contributed by atoms with Crippen molar-refractivity contribution in [2.24, 2.45) is 0 Å². The van der Waals surface area contributed by atoms with Crippen LogP contribution in [0.15, 0.2) is 0 Å². The Kier molecular flexibility index (Phi) is 5.87. The first-order chi connectivity index (χ1) is 6.43. The van der Waals surface area contributed by atoms with Crippen LogP contribution in [0.25, 0.3) is 0 Å². The standard InChI is InChI=1S/C9H18N2O3/c1-7(2)10-6-8(12)11(3)5-4-9(13)14/h7,10H,4-6H2,1-3H3,(H,13,14). The van der Waals surface area contributed by atoms with Crippen molar-refractivity contribution in [1.29, 1.82) is 0 Å². The molecule has 0 atom stereocenters. The molecule has 1 amide bonds. The Hall–Kier alpha value is -1.10. The summed E-state index contributed by atoms with van der Waals surface area (Å²) in [6, 6.07) is 0.256. The Labute approximate surface area is 84.1 Å². The average Bonchev–Trinajstić information content (AvgIpc) is 2.09. The van der Waals surface area contributed by atoms with Crippen molar-refractivity contribution in [2.45, 2.75) is 26.3 Å². The molecule has 0 rings (SSSR count). The Morgan fingerprint density at radius 3 is 2.43 bits per heavy atom. The first-order valence-electron chi connectivity index (χ1n) is 4.62. The summed E-state index contributed by atoms with van der Waals surface area (Å²) in [6.45, 7) is 4.41. The molecule has 0 aliphatic rings. The van der Waals surface area contributed by atoms with E-state index in [1.165, 1.54) is 4.90 Å². The molecule has 0 spiro atoms. The highest BCUT2D eigenvalue weighted by molar-refractivity contribution is 5.78. The van der Waals surface area contributed by atoms with E-state index in [1.54, 1.807) is 7.05 Å². The van der Waals surface area contributed by atoms with Gasteiger partial charge in [0.15, 0.2) is 0 Å². The van der Waals surface area contributed by atoms with Gasteiger partial charge < -0.3 is 15.3 Å². The van der Waals surface area contributed by atoms with Crippen LogP contribution in [0.2, 0.25) is 0 Å². The topological polar surface area (TPSA) is 69.6 Å². The quantitative estimate of drug-likeness (QED) is 0.632. The molecule has 0 saturated carbocycles. The van der Waals surface area contributed by atoms with Crippen LogP contribution in [0.4, 0.5) is 0 Å². The number of aliphatic carboxylic acids is 1. The Morgan fingerprint density at radius 1 is 1.43 bits per heavy atom. The van der Waals surface area contributed by atoms with Crippen LogP contribution >= 0.6 is 0 Å². The second-order valence-corrected chi connectivity index (χ2v) is 3.49. The predicted molar refractivity (Wildman–Crippen MR) is 53.0 cm³/mol. The molecule has 0 aromatic heterocycles. The highest BCUT2D eigenvalue weighted by Gasteiger charge is 2.09. The molecule has 0 aliphatic heterocycles. The van der Waals surface area contributed by atoms with Gasteiger partial charge in [-0.05, 0) is 0 Å². The van der Waals surface area contributed by atoms with E-state index in [4.69, 9.17) is 5.11 Å². The third kappa shape index (κ3) is 6.42. The fraction of sp³-hybridized carbons (Fsp3) is 0.778. The fourth-order valence-corrected chi connectivity index (χ4v) is 0.814. The lowest BCUT2D eigenvalue weighted by Gasteiger charge is -2.17. The number of carboxylic acids is 1. The maximum atomic E-state index is 11.3. The van der Waals surface area contributed by atoms with Gasteiger partial charge in [-0.1, -0.05) is 13.8 Å². The first kappa shape index (κ1) is 12.9. The second-order valence-electron chi connectivity index (χ2n) is 3.49. The first-order valence-corrected chi connectivity index (χ1v) is 4.62. The summed E-state index contributed by atoms with van der Waals surface area (Å²) >= 11 is 0. The summed E-state index contributed by atoms with van der Waals surface area (Å²) in [7, 11) is 1.60. The van der Waals surface area contributed by atoms with E-state index in [2.05, 4.69) is 5.32 Å². The zero-order chi connectivity index (χ0) is 11.1. The third-order valence-corrected chi connectivity index (χ3v) is 1.75. The summed E-state index contributed by atoms with van der Waals surface area (Å²) in [5, 5.41) is 11.4. The van der Waals surface area contributed by atoms with Crippen LogP contribution in [0.1, 0.15) is 20.3 Å². The van der Waals surface area contributed by atoms with Crippen LogP contribution in [-0.4, -0.2) is 48.1 Å². The molecule has 0 radical (unpaired) electrons. The van der Waals surface area contributed by atoms with Gasteiger partial charge in [0.2, 0.25) is 5.91 Å². The molecule has 5 nitrogen and oxygen atoms in total. The molecule has 14 heavy (non-hydrogen) atoms. The minimum absolute atomic E-state index is 0.0100. The Balaban J connectivity index is 3.70. The number of amides is 1. The van der Waals surface area contributed by atoms with Gasteiger partial charge in [0.05, 0.1) is 13.0 Å². The van der Waals surface area contributed by atoms with Crippen molar-refractivity contribution in [3.8, 4) is 0 Å². The molecule has 0 heterocycles. The maximum Gasteiger partial charge on any atom is 0.305 e. The number of nitrogens with one attached hydrogen (secondary N) is 1. The lowest BCUT2D eigenvalue weighted by atomic mass is 10.3. The molecule has 0 aromatic carbocycles. The van der Waals surface area contributed by atoms with E-state index in [0.29, 0.717) is 0 Å². The zero-order valence-corrected chi connectivity index (χ0v) is 8.91. The minimum Gasteiger partial charge on any atom is -0.481 e. The monoisotopic (exact) mass is 202 g/mol. The van der Waals surface area contributed by atoms with Crippen molar-refractivity contribution in [2.75, 3.05) is 20.1 Å². The Bertz CT molecular complexity index is 204. The summed E-state index contributed by atoms with van der Waals surface area (Å²) in [5.74, 6) is -0.971. The normalized spacial score (nSPS) is 10.3. The molecule has 0 saturated heterocycles. The largest absolute Gasteiger partial charge is 0.481 e. The number of carbonyl (C=O) groups is 2. The van der Waals surface area contributed by atoms with Gasteiger partial charge in [0, 0.05) is 19.6 Å². The molecule has 2 N–H and O–H groups in total. The van der Waals surface area contributed by atoms with Crippen LogP contribution in [0.3, 0.4) is 0 Å². The summed E-state index contributed by atoms with van der Waals surface area (Å²) in [4.78, 5) is 23.0. The van der Waals surface area contributed by atoms with Crippen LogP contribution in [0.5, 0.6) is 0 Å². The van der Waals surface area contributed by atoms with Gasteiger partial charge in [0.25, 0.3) is 0 Å². The number of nitrogens with zero attached hydrogens (tertiary/aromatic N) is 1. The van der Waals surface area contributed by atoms with Gasteiger partial charge in [0.1, 0.15) is 0 Å². The minimum atomic E-state index is -0.888. The maximum absolute atomic E-state index is 11.3. The predicted octanol–water partition coefficient (Wildman–Crippen LogP) is -0.0825. The number of carboxylic acid groups (broad SMARTS) is 1. The van der Waals surface area contributed by atoms with E-state index < -0.39 is 5.97 Å². The number of hydrogen-bond donors (Lipinski definition) is 2. The van der Waals surface area contributed by atoms with Crippen molar-refractivity contribution in [3.05, 3.63) is 0 Å². The lowest BCUT2D eigenvalue weighted by Crippen LogP contribution is -2.38. The van der Waals surface area contributed by atoms with Crippen LogP contribution in [-0.2, 0) is 9.59 Å². The number of likely N-dealkylation sites (N-methyl/N-ethyl adjacent to an activating group) is 1. The van der Waals surface area contributed by atoms with Crippen molar-refractivity contribution >= 4 is 11.9 Å². The molecule has 0 fully saturated rings. The van der Waals surface area contributed by atoms with Crippen molar-refractivity contribution < 1.29 is 14.7 Å². The highest BCUT2D eigenvalue weighted by atomic mass is 16.4. The molecule has 82 valence electrons. The third-order valence-electron chi connectivity index (χ3n) is 1.75. The summed E-state index contributed by atoms with van der Waals surface area (Å²) in [5.41, 5.74) is 0. The van der Waals surface area contributed by atoms with Crippen molar-refractivity contribution in [1.82, 2.24) is 10.2 Å². The molecule has 0 aromatic rings. The average molecular weight is 202 g/mol. The number of hydrogen-bond acceptors (Lipinski definition) is 3. The molecule has 0 aliphatic carbocycles. The van der Waals surface area contributed by atoms with E-state index in [0.717, 1.165) is 0 Å². The summed E-state index contributed by atoms with van der Waals surface area (Å²) < 4.78 is 0. The zero-order valence-electron chi connectivity index (χ0n) is 8.91. The second kappa shape index (κ2) is 6.37. The van der Waals surface area contributed by atoms with E-state index in [-0.39, 0.29) is 31.5 Å². The molecule has 0 unspecified atom stereocenters. The van der Waals surface area contributed by atoms with Gasteiger partial charge in [-0.3, -0.25) is 9.59 Å². The lowest BCUT2D eigenvalue weighted by molar-refractivity contribution is -0.138. The molecular weight excluding hydrogens is 184 g/mol. The molecular formula is C9H18N2O3. The SMILES string of the molecule is CC(C)NCC(=O)N(C)CCC(=O)O. The van der Waals surface area contributed by atoms with Gasteiger partial charge in [-0.25, -0.2) is 0 Å². The number of carbonyl (C=O) groups excluding carboxylic acids is 1. The summed E-state index contributed by atoms with van der Waals surface area (Å²) in [6.07, 6.45) is -0.0100. The van der Waals surface area contributed by atoms with Gasteiger partial charge in [-0.2, -0.15) is 0 Å². The Morgan fingerprint density at radius 2 is 2.00 bits per heavy atom. The fourth-order valence-electron chi connectivity index (χ4n) is 0.814. The molecule has 5 heteroatoms. The smallest absolute Gasteiger partial charge is 0.305 e. The van der Waals surface area contributed by atoms with E-state index in [9.17, 15) is 9.59 Å². The van der Waals surface area contributed by atoms with E-state index >= 15 is 0 Å². The van der Waals surface area contributed by atoms with Crippen LogP contribution in [0, 0.1) is 0 Å².